The molecular formula is C21H20FN9O3. The third-order valence-electron chi connectivity index (χ3n) is 5.10. The molecule has 0 unspecified atom stereocenters. The highest BCUT2D eigenvalue weighted by Gasteiger charge is 2.26. The fraction of sp³-hybridized carbons (Fsp3) is 0.190. The fourth-order valence-electron chi connectivity index (χ4n) is 3.45. The lowest BCUT2D eigenvalue weighted by Crippen LogP contribution is -2.29. The fourth-order valence-corrected chi connectivity index (χ4v) is 3.45. The van der Waals surface area contributed by atoms with Crippen molar-refractivity contribution in [3.63, 3.8) is 0 Å². The molecule has 0 aliphatic carbocycles. The summed E-state index contributed by atoms with van der Waals surface area (Å²) in [6.45, 7) is 0.113. The van der Waals surface area contributed by atoms with Gasteiger partial charge in [0, 0.05) is 25.9 Å². The zero-order valence-corrected chi connectivity index (χ0v) is 18.5. The smallest absolute Gasteiger partial charge is 0.413 e. The first-order valence-electron chi connectivity index (χ1n) is 9.97. The van der Waals surface area contributed by atoms with Crippen molar-refractivity contribution in [2.45, 2.75) is 6.54 Å². The van der Waals surface area contributed by atoms with E-state index in [1.165, 1.54) is 32.0 Å². The number of rotatable bonds is 6. The van der Waals surface area contributed by atoms with Gasteiger partial charge in [-0.25, -0.2) is 33.8 Å². The summed E-state index contributed by atoms with van der Waals surface area (Å²) in [4.78, 5) is 37.5. The molecule has 0 fully saturated rings. The van der Waals surface area contributed by atoms with Crippen LogP contribution in [0.3, 0.4) is 0 Å². The molecule has 3 aromatic heterocycles. The number of nitrogens with two attached hydrogens (primary N) is 1. The van der Waals surface area contributed by atoms with Gasteiger partial charge in [-0.1, -0.05) is 18.2 Å². The Kier molecular flexibility index (Phi) is 5.99. The Morgan fingerprint density at radius 3 is 2.68 bits per heavy atom. The summed E-state index contributed by atoms with van der Waals surface area (Å²) in [6.07, 6.45) is 0.845. The maximum absolute atomic E-state index is 14.3. The van der Waals surface area contributed by atoms with Gasteiger partial charge in [-0.2, -0.15) is 5.10 Å². The minimum Gasteiger partial charge on any atom is -0.452 e. The number of nitrogens with zero attached hydrogens (tertiary/aromatic N) is 8. The van der Waals surface area contributed by atoms with Crippen LogP contribution in [-0.4, -0.2) is 52.0 Å². The van der Waals surface area contributed by atoms with E-state index in [0.717, 1.165) is 9.91 Å². The summed E-state index contributed by atoms with van der Waals surface area (Å²) in [6, 6.07) is 9.83. The standard InChI is InChI=1S/C21H20FN9O3/c1-29(21(32)34-3)16-17(23)25-18(26-20(16)30(2)28-33)15-13-8-6-10-24-19(13)31(27-15)11-12-7-4-5-9-14(12)22/h4-10H,11H2,1-3H3,(H2,23,25,26). The number of halogens is 1. The van der Waals surface area contributed by atoms with Gasteiger partial charge in [0.15, 0.2) is 23.1 Å². The molecule has 2 N–H and O–H groups in total. The Hall–Kier alpha value is -4.68. The Labute approximate surface area is 192 Å². The van der Waals surface area contributed by atoms with Crippen molar-refractivity contribution >= 4 is 34.4 Å². The van der Waals surface area contributed by atoms with Gasteiger partial charge < -0.3 is 10.5 Å². The normalized spacial score (nSPS) is 10.8. The number of ether oxygens (including phenoxy) is 1. The highest BCUT2D eigenvalue weighted by atomic mass is 19.1. The third-order valence-corrected chi connectivity index (χ3v) is 5.10. The van der Waals surface area contributed by atoms with Gasteiger partial charge in [-0.15, -0.1) is 4.91 Å². The summed E-state index contributed by atoms with van der Waals surface area (Å²) < 4.78 is 20.5. The number of amides is 1. The van der Waals surface area contributed by atoms with Crippen molar-refractivity contribution in [2.24, 2.45) is 5.29 Å². The molecule has 0 radical (unpaired) electrons. The molecular weight excluding hydrogens is 445 g/mol. The molecule has 0 bridgehead atoms. The number of hydrogen-bond acceptors (Lipinski definition) is 9. The van der Waals surface area contributed by atoms with Crippen LogP contribution in [0.4, 0.5) is 26.5 Å². The second-order valence-corrected chi connectivity index (χ2v) is 7.21. The molecule has 4 rings (SSSR count). The number of hydrogen-bond donors (Lipinski definition) is 1. The van der Waals surface area contributed by atoms with Crippen molar-refractivity contribution in [2.75, 3.05) is 36.8 Å². The maximum Gasteiger partial charge on any atom is 0.413 e. The summed E-state index contributed by atoms with van der Waals surface area (Å²) >= 11 is 0. The first kappa shape index (κ1) is 22.5. The van der Waals surface area contributed by atoms with Gasteiger partial charge in [0.2, 0.25) is 0 Å². The lowest BCUT2D eigenvalue weighted by Gasteiger charge is -2.22. The quantitative estimate of drug-likeness (QED) is 0.335. The number of benzene rings is 1. The van der Waals surface area contributed by atoms with Gasteiger partial charge in [0.05, 0.1) is 24.3 Å². The average molecular weight is 465 g/mol. The minimum atomic E-state index is -0.743. The molecule has 1 aromatic carbocycles. The van der Waals surface area contributed by atoms with Crippen LogP contribution >= 0.6 is 0 Å². The average Bonchev–Trinajstić information content (AvgIpc) is 3.22. The van der Waals surface area contributed by atoms with Gasteiger partial charge in [-0.05, 0) is 18.2 Å². The van der Waals surface area contributed by atoms with E-state index in [2.05, 4.69) is 25.3 Å². The van der Waals surface area contributed by atoms with Crippen LogP contribution in [-0.2, 0) is 11.3 Å². The molecule has 34 heavy (non-hydrogen) atoms. The van der Waals surface area contributed by atoms with Crippen LogP contribution in [0.5, 0.6) is 0 Å². The Morgan fingerprint density at radius 2 is 1.97 bits per heavy atom. The number of anilines is 3. The highest BCUT2D eigenvalue weighted by Crippen LogP contribution is 2.35. The second-order valence-electron chi connectivity index (χ2n) is 7.21. The van der Waals surface area contributed by atoms with E-state index in [4.69, 9.17) is 10.5 Å². The van der Waals surface area contributed by atoms with Crippen molar-refractivity contribution < 1.29 is 13.9 Å². The summed E-state index contributed by atoms with van der Waals surface area (Å²) in [5.74, 6) is -0.453. The number of carbonyl (C=O) groups excluding carboxylic acids is 1. The lowest BCUT2D eigenvalue weighted by molar-refractivity contribution is 0.180. The number of nitrogen functional groups attached to an aromatic ring is 1. The largest absolute Gasteiger partial charge is 0.452 e. The molecule has 12 nitrogen and oxygen atoms in total. The second kappa shape index (κ2) is 9.05. The number of carbonyl (C=O) groups is 1. The highest BCUT2D eigenvalue weighted by molar-refractivity contribution is 5.96. The van der Waals surface area contributed by atoms with Gasteiger partial charge in [0.25, 0.3) is 0 Å². The maximum atomic E-state index is 14.3. The monoisotopic (exact) mass is 465 g/mol. The number of nitroso groups, excluding NO2 is 1. The molecule has 0 spiro atoms. The summed E-state index contributed by atoms with van der Waals surface area (Å²) in [5.41, 5.74) is 7.40. The third kappa shape index (κ3) is 3.94. The molecule has 0 atom stereocenters. The van der Waals surface area contributed by atoms with E-state index in [9.17, 15) is 14.1 Å². The molecule has 0 aliphatic rings. The summed E-state index contributed by atoms with van der Waals surface area (Å²) in [5, 5.41) is 8.93. The number of methoxy groups -OCH3 is 1. The molecule has 0 saturated heterocycles. The minimum absolute atomic E-state index is 0.0333. The Bertz CT molecular complexity index is 1390. The van der Waals surface area contributed by atoms with E-state index < -0.39 is 6.09 Å². The van der Waals surface area contributed by atoms with Crippen LogP contribution in [0.15, 0.2) is 47.9 Å². The van der Waals surface area contributed by atoms with E-state index in [0.29, 0.717) is 22.3 Å². The predicted octanol–water partition coefficient (Wildman–Crippen LogP) is 2.98. The molecule has 0 aliphatic heterocycles. The van der Waals surface area contributed by atoms with Crippen molar-refractivity contribution in [1.29, 1.82) is 0 Å². The molecule has 3 heterocycles. The van der Waals surface area contributed by atoms with Crippen LogP contribution < -0.4 is 15.6 Å². The zero-order valence-electron chi connectivity index (χ0n) is 18.5. The van der Waals surface area contributed by atoms with E-state index >= 15 is 0 Å². The SMILES string of the molecule is COC(=O)N(C)c1c(N)nc(-c2nn(Cc3ccccc3F)c3ncccc23)nc1N(C)N=O. The molecule has 13 heteroatoms. The van der Waals surface area contributed by atoms with Crippen molar-refractivity contribution in [3.8, 4) is 11.5 Å². The van der Waals surface area contributed by atoms with Gasteiger partial charge in [0.1, 0.15) is 17.2 Å². The number of aromatic nitrogens is 5. The molecule has 1 amide bonds. The van der Waals surface area contributed by atoms with Crippen LogP contribution in [0.25, 0.3) is 22.6 Å². The number of pyridine rings is 1. The van der Waals surface area contributed by atoms with E-state index in [-0.39, 0.29) is 35.5 Å². The molecule has 174 valence electrons. The van der Waals surface area contributed by atoms with Crippen LogP contribution in [0, 0.1) is 10.7 Å². The first-order valence-corrected chi connectivity index (χ1v) is 9.97. The lowest BCUT2D eigenvalue weighted by atomic mass is 10.2. The van der Waals surface area contributed by atoms with Gasteiger partial charge >= 0.3 is 6.09 Å². The molecule has 4 aromatic rings. The molecule has 0 saturated carbocycles. The zero-order chi connectivity index (χ0) is 24.4. The first-order chi connectivity index (χ1) is 16.3. The van der Waals surface area contributed by atoms with E-state index in [1.54, 1.807) is 36.5 Å². The van der Waals surface area contributed by atoms with Crippen molar-refractivity contribution in [1.82, 2.24) is 24.7 Å². The summed E-state index contributed by atoms with van der Waals surface area (Å²) in [7, 11) is 3.95. The van der Waals surface area contributed by atoms with Gasteiger partial charge in [-0.3, -0.25) is 4.90 Å². The predicted molar refractivity (Wildman–Crippen MR) is 123 cm³/mol. The Balaban J connectivity index is 1.89. The van der Waals surface area contributed by atoms with Crippen molar-refractivity contribution in [3.05, 3.63) is 58.9 Å². The van der Waals surface area contributed by atoms with E-state index in [1.807, 2.05) is 0 Å². The van der Waals surface area contributed by atoms with Crippen LogP contribution in [0.2, 0.25) is 0 Å². The topological polar surface area (TPSA) is 145 Å². The number of fused-ring (bicyclic) bond motifs is 1. The van der Waals surface area contributed by atoms with Crippen LogP contribution in [0.1, 0.15) is 5.56 Å². The Morgan fingerprint density at radius 1 is 1.21 bits per heavy atom.